The van der Waals surface area contributed by atoms with Crippen LogP contribution in [0.1, 0.15) is 33.4 Å². The van der Waals surface area contributed by atoms with Crippen molar-refractivity contribution < 1.29 is 26.2 Å². The van der Waals surface area contributed by atoms with E-state index in [-0.39, 0.29) is 18.1 Å². The van der Waals surface area contributed by atoms with Crippen LogP contribution in [-0.4, -0.2) is 51.4 Å². The van der Waals surface area contributed by atoms with Gasteiger partial charge >= 0.3 is 5.69 Å². The van der Waals surface area contributed by atoms with E-state index in [2.05, 4.69) is 20.8 Å². The Kier molecular flexibility index (Phi) is 7.91. The lowest BCUT2D eigenvalue weighted by Crippen LogP contribution is -2.67. The van der Waals surface area contributed by atoms with Gasteiger partial charge in [0.25, 0.3) is 24.0 Å². The number of H-pyrrole nitrogens is 1. The summed E-state index contributed by atoms with van der Waals surface area (Å²) in [6.07, 6.45) is -1.39. The summed E-state index contributed by atoms with van der Waals surface area (Å²) in [6, 6.07) is 19.7. The molecule has 0 bridgehead atoms. The molecule has 0 radical (unpaired) electrons. The summed E-state index contributed by atoms with van der Waals surface area (Å²) in [7, 11) is -6.90. The van der Waals surface area contributed by atoms with Gasteiger partial charge in [0.2, 0.25) is 5.82 Å². The van der Waals surface area contributed by atoms with Gasteiger partial charge in [0.05, 0.1) is 19.1 Å². The summed E-state index contributed by atoms with van der Waals surface area (Å²) in [5, 5.41) is 1.69. The van der Waals surface area contributed by atoms with Crippen molar-refractivity contribution in [2.24, 2.45) is 0 Å². The van der Waals surface area contributed by atoms with E-state index in [4.69, 9.17) is 13.3 Å². The molecule has 0 unspecified atom stereocenters. The van der Waals surface area contributed by atoms with Gasteiger partial charge in [-0.15, -0.1) is 0 Å². The molecule has 0 spiro atoms. The number of rotatable bonds is 8. The van der Waals surface area contributed by atoms with Gasteiger partial charge in [-0.2, -0.15) is 12.8 Å². The van der Waals surface area contributed by atoms with Crippen molar-refractivity contribution in [1.29, 1.82) is 0 Å². The fourth-order valence-corrected chi connectivity index (χ4v) is 10.2. The Hall–Kier alpha value is -2.90. The van der Waals surface area contributed by atoms with Gasteiger partial charge in [0.15, 0.2) is 0 Å². The zero-order valence-corrected chi connectivity index (χ0v) is 23.4. The van der Waals surface area contributed by atoms with Crippen LogP contribution in [0.2, 0.25) is 5.04 Å². The molecular weight excluding hydrogens is 531 g/mol. The molecule has 1 aliphatic rings. The van der Waals surface area contributed by atoms with Crippen molar-refractivity contribution in [1.82, 2.24) is 9.55 Å². The van der Waals surface area contributed by atoms with Crippen LogP contribution in [0.5, 0.6) is 0 Å². The molecule has 4 rings (SSSR count). The van der Waals surface area contributed by atoms with E-state index in [1.54, 1.807) is 0 Å². The van der Waals surface area contributed by atoms with Crippen LogP contribution in [0.15, 0.2) is 76.4 Å². The van der Waals surface area contributed by atoms with Crippen LogP contribution in [0.25, 0.3) is 0 Å². The van der Waals surface area contributed by atoms with Gasteiger partial charge in [-0.1, -0.05) is 81.4 Å². The first kappa shape index (κ1) is 28.1. The maximum Gasteiger partial charge on any atom is 0.330 e. The summed E-state index contributed by atoms with van der Waals surface area (Å²) in [6.45, 7) is 6.25. The highest BCUT2D eigenvalue weighted by Gasteiger charge is 2.51. The topological polar surface area (TPSA) is 117 Å². The molecule has 0 aliphatic carbocycles. The Morgan fingerprint density at radius 2 is 1.61 bits per heavy atom. The molecule has 0 saturated carbocycles. The average molecular weight is 563 g/mol. The molecule has 9 nitrogen and oxygen atoms in total. The fourth-order valence-electron chi connectivity index (χ4n) is 4.99. The monoisotopic (exact) mass is 562 g/mol. The molecule has 3 aromatic rings. The fraction of sp³-hybridized carbons (Fsp3) is 0.385. The third-order valence-electron chi connectivity index (χ3n) is 6.59. The highest BCUT2D eigenvalue weighted by Crippen LogP contribution is 2.38. The summed E-state index contributed by atoms with van der Waals surface area (Å²) < 4.78 is 57.2. The van der Waals surface area contributed by atoms with Gasteiger partial charge in [-0.25, -0.2) is 4.79 Å². The smallest absolute Gasteiger partial charge is 0.330 e. The second-order valence-electron chi connectivity index (χ2n) is 10.3. The number of hydrogen-bond acceptors (Lipinski definition) is 7. The number of nitrogens with zero attached hydrogens (tertiary/aromatic N) is 1. The second kappa shape index (κ2) is 10.7. The molecule has 1 fully saturated rings. The van der Waals surface area contributed by atoms with E-state index in [1.165, 1.54) is 0 Å². The van der Waals surface area contributed by atoms with E-state index >= 15 is 0 Å². The van der Waals surface area contributed by atoms with Crippen LogP contribution < -0.4 is 21.6 Å². The first-order valence-corrected chi connectivity index (χ1v) is 15.8. The normalized spacial score (nSPS) is 20.5. The molecule has 3 atom stereocenters. The number of aromatic nitrogens is 2. The first-order chi connectivity index (χ1) is 17.8. The zero-order chi connectivity index (χ0) is 27.7. The Bertz CT molecular complexity index is 1450. The lowest BCUT2D eigenvalue weighted by atomic mass is 10.2. The Morgan fingerprint density at radius 3 is 2.11 bits per heavy atom. The van der Waals surface area contributed by atoms with Crippen molar-refractivity contribution in [3.05, 3.63) is 93.5 Å². The number of nitrogens with one attached hydrogen (secondary N) is 1. The zero-order valence-electron chi connectivity index (χ0n) is 21.6. The molecule has 204 valence electrons. The Morgan fingerprint density at radius 1 is 1.05 bits per heavy atom. The minimum atomic E-state index is -3.90. The molecule has 38 heavy (non-hydrogen) atoms. The largest absolute Gasteiger partial charge is 0.405 e. The number of hydrogen-bond donors (Lipinski definition) is 1. The van der Waals surface area contributed by atoms with E-state index in [0.29, 0.717) is 0 Å². The summed E-state index contributed by atoms with van der Waals surface area (Å²) >= 11 is 0. The predicted octanol–water partition coefficient (Wildman–Crippen LogP) is 1.88. The van der Waals surface area contributed by atoms with Gasteiger partial charge < -0.3 is 9.16 Å². The van der Waals surface area contributed by atoms with E-state index < -0.39 is 53.9 Å². The number of ether oxygens (including phenoxy) is 1. The summed E-state index contributed by atoms with van der Waals surface area (Å²) in [4.78, 5) is 25.8. The van der Waals surface area contributed by atoms with Crippen molar-refractivity contribution >= 4 is 28.8 Å². The number of halogens is 1. The molecule has 2 heterocycles. The molecule has 0 amide bonds. The van der Waals surface area contributed by atoms with Gasteiger partial charge in [-0.05, 0) is 15.4 Å². The lowest BCUT2D eigenvalue weighted by Gasteiger charge is -2.43. The molecule has 12 heteroatoms. The highest BCUT2D eigenvalue weighted by atomic mass is 32.2. The molecule has 1 aromatic heterocycles. The minimum Gasteiger partial charge on any atom is -0.405 e. The van der Waals surface area contributed by atoms with Crippen LogP contribution in [0, 0.1) is 5.82 Å². The van der Waals surface area contributed by atoms with Crippen molar-refractivity contribution in [2.45, 2.75) is 50.7 Å². The quantitative estimate of drug-likeness (QED) is 0.329. The Balaban J connectivity index is 1.73. The summed E-state index contributed by atoms with van der Waals surface area (Å²) in [5.41, 5.74) is -2.03. The Labute approximate surface area is 221 Å². The molecule has 2 aromatic carbocycles. The van der Waals surface area contributed by atoms with Crippen molar-refractivity contribution in [3.63, 3.8) is 0 Å². The lowest BCUT2D eigenvalue weighted by molar-refractivity contribution is -0.0384. The van der Waals surface area contributed by atoms with Crippen molar-refractivity contribution in [3.8, 4) is 0 Å². The summed E-state index contributed by atoms with van der Waals surface area (Å²) in [5.74, 6) is -1.17. The van der Waals surface area contributed by atoms with E-state index in [1.807, 2.05) is 65.6 Å². The second-order valence-corrected chi connectivity index (χ2v) is 16.2. The van der Waals surface area contributed by atoms with Gasteiger partial charge in [0.1, 0.15) is 18.4 Å². The maximum atomic E-state index is 14.0. The van der Waals surface area contributed by atoms with Crippen molar-refractivity contribution in [2.75, 3.05) is 12.9 Å². The molecular formula is C26H31FN2O7SSi. The maximum absolute atomic E-state index is 14.0. The first-order valence-electron chi connectivity index (χ1n) is 12.1. The SMILES string of the molecule is CC(C)(C)[Si](OC[C@H]1O[C@@H](n2cc(F)c(=O)[nH]c2=O)C[C@@H]1OS(C)(=O)=O)(c1ccccc1)c1ccccc1. The number of benzene rings is 2. The van der Waals surface area contributed by atoms with E-state index in [0.717, 1.165) is 27.4 Å². The van der Waals surface area contributed by atoms with Crippen LogP contribution in [0.3, 0.4) is 0 Å². The minimum absolute atomic E-state index is 0.0510. The molecule has 1 N–H and O–H groups in total. The van der Waals surface area contributed by atoms with Gasteiger partial charge in [0, 0.05) is 6.42 Å². The van der Waals surface area contributed by atoms with Gasteiger partial charge in [-0.3, -0.25) is 18.5 Å². The molecule has 1 saturated heterocycles. The van der Waals surface area contributed by atoms with Crippen LogP contribution in [0.4, 0.5) is 4.39 Å². The molecule has 1 aliphatic heterocycles. The standard InChI is InChI=1S/C26H31FN2O7SSi/c1-26(2,3)38(18-11-7-5-8-12-18,19-13-9-6-10-14-19)34-17-22-21(36-37(4,32)33)15-23(35-22)29-16-20(27)24(30)28-25(29)31/h5-14,16,21-23H,15,17H2,1-4H3,(H,28,30,31)/t21-,22+,23+/m0/s1. The predicted molar refractivity (Wildman–Crippen MR) is 143 cm³/mol. The third kappa shape index (κ3) is 5.74. The van der Waals surface area contributed by atoms with Crippen LogP contribution in [-0.2, 0) is 23.5 Å². The third-order valence-corrected chi connectivity index (χ3v) is 12.2. The highest BCUT2D eigenvalue weighted by molar-refractivity contribution is 7.86. The van der Waals surface area contributed by atoms with Crippen LogP contribution >= 0.6 is 0 Å². The average Bonchev–Trinajstić information content (AvgIpc) is 3.23. The number of aromatic amines is 1. The van der Waals surface area contributed by atoms with E-state index in [9.17, 15) is 22.4 Å².